The Bertz CT molecular complexity index is 674. The van der Waals surface area contributed by atoms with Crippen molar-refractivity contribution in [3.05, 3.63) is 0 Å². The summed E-state index contributed by atoms with van der Waals surface area (Å²) in [5, 5.41) is 69.2. The van der Waals surface area contributed by atoms with Gasteiger partial charge in [-0.1, -0.05) is 182 Å². The van der Waals surface area contributed by atoms with Crippen LogP contribution in [0.3, 0.4) is 0 Å². The third-order valence-corrected chi connectivity index (χ3v) is 9.36. The minimum Gasteiger partial charge on any atom is -0.481 e. The first-order valence-electron chi connectivity index (χ1n) is 21.2. The number of aliphatic carboxylic acids is 2. The summed E-state index contributed by atoms with van der Waals surface area (Å²) in [5.74, 6) is 0.424. The second kappa shape index (κ2) is 42.4. The molecule has 0 aliphatic heterocycles. The Labute approximate surface area is 318 Å². The number of unbranched alkanes of at least 4 members (excludes halogenated alkanes) is 22. The molecular formula is C42H86O10. The molecule has 10 heteroatoms. The van der Waals surface area contributed by atoms with Crippen molar-refractivity contribution in [2.45, 2.75) is 232 Å². The standard InChI is InChI=1S/2C18H36O2.C6H14O6/c2*1-17(2)15-13-11-9-7-5-3-4-6-8-10-12-14-16-18(19)20;7-1-3(9)5(11)6(12)4(10)2-8/h2*17H,3-16H2,1-2H3,(H,19,20);3-12H,1-2H2/t;;3-,4+,5-,6-/m..1/s1. The van der Waals surface area contributed by atoms with Crippen LogP contribution in [-0.2, 0) is 9.59 Å². The van der Waals surface area contributed by atoms with Gasteiger partial charge in [-0.3, -0.25) is 9.59 Å². The van der Waals surface area contributed by atoms with E-state index in [1.54, 1.807) is 0 Å². The van der Waals surface area contributed by atoms with Gasteiger partial charge in [-0.25, -0.2) is 0 Å². The van der Waals surface area contributed by atoms with Crippen LogP contribution in [0.2, 0.25) is 0 Å². The van der Waals surface area contributed by atoms with Crippen molar-refractivity contribution in [1.82, 2.24) is 0 Å². The average molecular weight is 751 g/mol. The first-order chi connectivity index (χ1) is 24.8. The Morgan fingerprint density at radius 2 is 0.558 bits per heavy atom. The zero-order chi connectivity index (χ0) is 39.8. The molecule has 52 heavy (non-hydrogen) atoms. The molecule has 10 nitrogen and oxygen atoms in total. The first kappa shape index (κ1) is 55.0. The maximum atomic E-state index is 10.3. The summed E-state index contributed by atoms with van der Waals surface area (Å²) < 4.78 is 0. The lowest BCUT2D eigenvalue weighted by Gasteiger charge is -2.24. The molecule has 0 aromatic rings. The highest BCUT2D eigenvalue weighted by Gasteiger charge is 2.29. The number of aliphatic hydroxyl groups excluding tert-OH is 6. The molecule has 0 fully saturated rings. The maximum Gasteiger partial charge on any atom is 0.303 e. The molecule has 0 aromatic heterocycles. The molecule has 0 amide bonds. The second-order valence-electron chi connectivity index (χ2n) is 15.6. The molecule has 0 aliphatic carbocycles. The van der Waals surface area contributed by atoms with Crippen molar-refractivity contribution >= 4 is 11.9 Å². The minimum absolute atomic E-state index is 0.344. The van der Waals surface area contributed by atoms with E-state index in [2.05, 4.69) is 27.7 Å². The molecule has 0 saturated heterocycles. The smallest absolute Gasteiger partial charge is 0.303 e. The topological polar surface area (TPSA) is 196 Å². The van der Waals surface area contributed by atoms with E-state index in [1.807, 2.05) is 0 Å². The predicted octanol–water partition coefficient (Wildman–Crippen LogP) is 8.79. The number of hydrogen-bond donors (Lipinski definition) is 8. The largest absolute Gasteiger partial charge is 0.481 e. The van der Waals surface area contributed by atoms with Crippen molar-refractivity contribution in [2.24, 2.45) is 11.8 Å². The molecule has 0 bridgehead atoms. The monoisotopic (exact) mass is 751 g/mol. The molecule has 0 unspecified atom stereocenters. The predicted molar refractivity (Wildman–Crippen MR) is 212 cm³/mol. The van der Waals surface area contributed by atoms with E-state index in [9.17, 15) is 9.59 Å². The van der Waals surface area contributed by atoms with E-state index < -0.39 is 49.6 Å². The number of aliphatic hydroxyl groups is 6. The normalized spacial score (nSPS) is 13.5. The van der Waals surface area contributed by atoms with Gasteiger partial charge in [-0.05, 0) is 24.7 Å². The number of hydrogen-bond acceptors (Lipinski definition) is 8. The van der Waals surface area contributed by atoms with Gasteiger partial charge in [0.15, 0.2) is 0 Å². The van der Waals surface area contributed by atoms with Gasteiger partial charge in [0.25, 0.3) is 0 Å². The van der Waals surface area contributed by atoms with Gasteiger partial charge in [-0.2, -0.15) is 0 Å². The molecule has 0 radical (unpaired) electrons. The van der Waals surface area contributed by atoms with E-state index in [4.69, 9.17) is 40.9 Å². The third kappa shape index (κ3) is 46.7. The van der Waals surface area contributed by atoms with Gasteiger partial charge < -0.3 is 40.9 Å². The Kier molecular flexibility index (Phi) is 44.9. The highest BCUT2D eigenvalue weighted by atomic mass is 16.4. The first-order valence-corrected chi connectivity index (χ1v) is 21.2. The summed E-state index contributed by atoms with van der Waals surface area (Å²) in [6.45, 7) is 7.78. The highest BCUT2D eigenvalue weighted by molar-refractivity contribution is 5.66. The fourth-order valence-electron chi connectivity index (χ4n) is 5.86. The zero-order valence-electron chi connectivity index (χ0n) is 34.1. The summed E-state index contributed by atoms with van der Waals surface area (Å²) in [4.78, 5) is 20.7. The second-order valence-corrected chi connectivity index (χ2v) is 15.6. The van der Waals surface area contributed by atoms with Gasteiger partial charge >= 0.3 is 11.9 Å². The molecule has 314 valence electrons. The molecule has 0 aliphatic rings. The molecular weight excluding hydrogens is 664 g/mol. The van der Waals surface area contributed by atoms with Crippen molar-refractivity contribution in [3.63, 3.8) is 0 Å². The van der Waals surface area contributed by atoms with Crippen LogP contribution in [0.15, 0.2) is 0 Å². The van der Waals surface area contributed by atoms with E-state index in [-0.39, 0.29) is 0 Å². The van der Waals surface area contributed by atoms with Crippen molar-refractivity contribution in [3.8, 4) is 0 Å². The Morgan fingerprint density at radius 3 is 0.731 bits per heavy atom. The van der Waals surface area contributed by atoms with Crippen molar-refractivity contribution < 1.29 is 50.4 Å². The van der Waals surface area contributed by atoms with Crippen LogP contribution in [-0.4, -0.2) is 90.4 Å². The summed E-state index contributed by atoms with van der Waals surface area (Å²) in [5.41, 5.74) is 0. The van der Waals surface area contributed by atoms with Crippen LogP contribution in [0.4, 0.5) is 0 Å². The van der Waals surface area contributed by atoms with E-state index in [0.717, 1.165) is 37.5 Å². The number of carboxylic acids is 2. The molecule has 0 saturated carbocycles. The van der Waals surface area contributed by atoms with Gasteiger partial charge in [-0.15, -0.1) is 0 Å². The van der Waals surface area contributed by atoms with Crippen LogP contribution in [0.5, 0.6) is 0 Å². The van der Waals surface area contributed by atoms with Crippen LogP contribution in [0.1, 0.15) is 207 Å². The number of carboxylic acid groups (broad SMARTS) is 2. The highest BCUT2D eigenvalue weighted by Crippen LogP contribution is 2.16. The van der Waals surface area contributed by atoms with Gasteiger partial charge in [0.2, 0.25) is 0 Å². The summed E-state index contributed by atoms with van der Waals surface area (Å²) in [6.07, 6.45) is 28.3. The van der Waals surface area contributed by atoms with E-state index >= 15 is 0 Å². The fourth-order valence-corrected chi connectivity index (χ4v) is 5.86. The van der Waals surface area contributed by atoms with Crippen LogP contribution in [0.25, 0.3) is 0 Å². The average Bonchev–Trinajstić information content (AvgIpc) is 3.10. The number of rotatable bonds is 35. The van der Waals surface area contributed by atoms with E-state index in [1.165, 1.54) is 141 Å². The van der Waals surface area contributed by atoms with Crippen LogP contribution in [0, 0.1) is 11.8 Å². The lowest BCUT2D eigenvalue weighted by Crippen LogP contribution is -2.46. The van der Waals surface area contributed by atoms with Crippen molar-refractivity contribution in [2.75, 3.05) is 13.2 Å². The molecule has 0 spiro atoms. The molecule has 4 atom stereocenters. The van der Waals surface area contributed by atoms with Crippen LogP contribution < -0.4 is 0 Å². The summed E-state index contributed by atoms with van der Waals surface area (Å²) in [7, 11) is 0. The molecule has 0 heterocycles. The SMILES string of the molecule is CC(C)CCCCCCCCCCCCCCC(=O)O.CC(C)CCCCCCCCCCCCCCC(=O)O.OC[C@@H](O)[C@@H](O)[C@H](O)[C@@H](O)CO. The van der Waals surface area contributed by atoms with Crippen molar-refractivity contribution in [1.29, 1.82) is 0 Å². The van der Waals surface area contributed by atoms with Gasteiger partial charge in [0.1, 0.15) is 24.4 Å². The Balaban J connectivity index is -0.000000717. The van der Waals surface area contributed by atoms with Crippen LogP contribution >= 0.6 is 0 Å². The lowest BCUT2D eigenvalue weighted by molar-refractivity contribution is -0.138. The summed E-state index contributed by atoms with van der Waals surface area (Å²) in [6, 6.07) is 0. The fraction of sp³-hybridized carbons (Fsp3) is 0.952. The Morgan fingerprint density at radius 1 is 0.365 bits per heavy atom. The van der Waals surface area contributed by atoms with E-state index in [0.29, 0.717) is 12.8 Å². The molecule has 0 rings (SSSR count). The Hall–Kier alpha value is -1.30. The number of carbonyl (C=O) groups is 2. The maximum absolute atomic E-state index is 10.3. The molecule has 0 aromatic carbocycles. The summed E-state index contributed by atoms with van der Waals surface area (Å²) >= 11 is 0. The van der Waals surface area contributed by atoms with Gasteiger partial charge in [0, 0.05) is 12.8 Å². The zero-order valence-corrected chi connectivity index (χ0v) is 34.1. The lowest BCUT2D eigenvalue weighted by atomic mass is 10.0. The van der Waals surface area contributed by atoms with Gasteiger partial charge in [0.05, 0.1) is 13.2 Å². The quantitative estimate of drug-likeness (QED) is 0.0290. The molecule has 8 N–H and O–H groups in total. The minimum atomic E-state index is -1.67. The third-order valence-electron chi connectivity index (χ3n) is 9.36.